The summed E-state index contributed by atoms with van der Waals surface area (Å²) in [5.41, 5.74) is 10.1. The lowest BCUT2D eigenvalue weighted by atomic mass is 10.0. The van der Waals surface area contributed by atoms with Crippen LogP contribution in [0.15, 0.2) is 97.3 Å². The van der Waals surface area contributed by atoms with Crippen LogP contribution in [-0.4, -0.2) is 9.97 Å². The summed E-state index contributed by atoms with van der Waals surface area (Å²) in [4.78, 5) is 14.6. The molecule has 4 heterocycles. The molecule has 0 N–H and O–H groups in total. The van der Waals surface area contributed by atoms with E-state index in [2.05, 4.69) is 94.7 Å². The lowest BCUT2D eigenvalue weighted by Gasteiger charge is -2.22. The SMILES string of the molecule is c1ccc2c(c1)CN(c1ccnc3c1ccc1c(N4Cc5ccc6ccccc6c5C4)ccnc13)C2. The molecule has 0 aliphatic carbocycles. The fourth-order valence-electron chi connectivity index (χ4n) is 6.19. The molecule has 0 saturated carbocycles. The molecule has 4 nitrogen and oxygen atoms in total. The van der Waals surface area contributed by atoms with Crippen molar-refractivity contribution in [2.45, 2.75) is 26.2 Å². The Hall–Kier alpha value is -4.44. The first-order valence-electron chi connectivity index (χ1n) is 12.6. The van der Waals surface area contributed by atoms with Crippen molar-refractivity contribution < 1.29 is 0 Å². The van der Waals surface area contributed by atoms with Gasteiger partial charge in [-0.1, -0.05) is 60.7 Å². The molecule has 0 spiro atoms. The minimum Gasteiger partial charge on any atom is -0.362 e. The fraction of sp³-hybridized carbons (Fsp3) is 0.125. The molecule has 0 radical (unpaired) electrons. The van der Waals surface area contributed by atoms with Crippen LogP contribution in [0.5, 0.6) is 0 Å². The van der Waals surface area contributed by atoms with Crippen LogP contribution in [0.3, 0.4) is 0 Å². The van der Waals surface area contributed by atoms with Gasteiger partial charge in [0.2, 0.25) is 0 Å². The van der Waals surface area contributed by atoms with Gasteiger partial charge in [-0.05, 0) is 57.3 Å². The van der Waals surface area contributed by atoms with Crippen LogP contribution in [0, 0.1) is 0 Å². The van der Waals surface area contributed by atoms with E-state index in [1.54, 1.807) is 0 Å². The van der Waals surface area contributed by atoms with Crippen molar-refractivity contribution >= 4 is 44.0 Å². The van der Waals surface area contributed by atoms with Crippen LogP contribution >= 0.6 is 0 Å². The summed E-state index contributed by atoms with van der Waals surface area (Å²) in [6.07, 6.45) is 3.88. The highest BCUT2D eigenvalue weighted by atomic mass is 15.2. The van der Waals surface area contributed by atoms with Crippen LogP contribution in [0.1, 0.15) is 22.3 Å². The zero-order valence-electron chi connectivity index (χ0n) is 19.9. The Labute approximate surface area is 209 Å². The molecule has 4 aromatic carbocycles. The standard InChI is InChI=1S/C32H24N4/c1-2-7-23-18-35(17-22(23)6-1)29-13-15-33-31-26(29)11-12-27-30(14-16-34-32(27)31)36-19-24-10-9-21-5-3-4-8-25(21)28(24)20-36/h1-16H,17-20H2. The second-order valence-corrected chi connectivity index (χ2v) is 9.92. The molecule has 0 saturated heterocycles. The van der Waals surface area contributed by atoms with Gasteiger partial charge in [-0.2, -0.15) is 0 Å². The molecular formula is C32H24N4. The van der Waals surface area contributed by atoms with Crippen molar-refractivity contribution in [2.75, 3.05) is 9.80 Å². The first kappa shape index (κ1) is 19.8. The number of nitrogens with zero attached hydrogens (tertiary/aromatic N) is 4. The summed E-state index contributed by atoms with van der Waals surface area (Å²) in [6.45, 7) is 3.69. The Bertz CT molecular complexity index is 1800. The predicted molar refractivity (Wildman–Crippen MR) is 147 cm³/mol. The number of fused-ring (bicyclic) bond motifs is 7. The van der Waals surface area contributed by atoms with E-state index in [-0.39, 0.29) is 0 Å². The minimum atomic E-state index is 0.910. The molecule has 4 heteroatoms. The fourth-order valence-corrected chi connectivity index (χ4v) is 6.19. The van der Waals surface area contributed by atoms with Crippen LogP contribution in [0.4, 0.5) is 11.4 Å². The monoisotopic (exact) mass is 464 g/mol. The molecule has 0 atom stereocenters. The van der Waals surface area contributed by atoms with Crippen molar-refractivity contribution in [1.29, 1.82) is 0 Å². The van der Waals surface area contributed by atoms with E-state index in [0.29, 0.717) is 0 Å². The summed E-state index contributed by atoms with van der Waals surface area (Å²) >= 11 is 0. The maximum Gasteiger partial charge on any atom is 0.0986 e. The number of benzene rings is 4. The van der Waals surface area contributed by atoms with Gasteiger partial charge in [-0.25, -0.2) is 0 Å². The summed E-state index contributed by atoms with van der Waals surface area (Å²) in [5, 5.41) is 5.00. The molecule has 2 aliphatic rings. The van der Waals surface area contributed by atoms with Crippen molar-refractivity contribution in [2.24, 2.45) is 0 Å². The number of hydrogen-bond donors (Lipinski definition) is 0. The average molecular weight is 465 g/mol. The van der Waals surface area contributed by atoms with Crippen LogP contribution < -0.4 is 9.80 Å². The van der Waals surface area contributed by atoms with E-state index in [1.165, 1.54) is 44.4 Å². The van der Waals surface area contributed by atoms with Gasteiger partial charge in [0.25, 0.3) is 0 Å². The van der Waals surface area contributed by atoms with Gasteiger partial charge in [0.1, 0.15) is 0 Å². The molecule has 0 amide bonds. The Kier molecular flexibility index (Phi) is 4.14. The number of aromatic nitrogens is 2. The first-order valence-corrected chi connectivity index (χ1v) is 12.6. The molecule has 2 aromatic heterocycles. The van der Waals surface area contributed by atoms with E-state index >= 15 is 0 Å². The van der Waals surface area contributed by atoms with Crippen molar-refractivity contribution in [1.82, 2.24) is 9.97 Å². The molecule has 2 aliphatic heterocycles. The summed E-state index contributed by atoms with van der Waals surface area (Å²) in [6, 6.07) is 30.8. The molecule has 6 aromatic rings. The van der Waals surface area contributed by atoms with Gasteiger partial charge >= 0.3 is 0 Å². The van der Waals surface area contributed by atoms with E-state index in [1.807, 2.05) is 12.4 Å². The van der Waals surface area contributed by atoms with E-state index in [9.17, 15) is 0 Å². The third kappa shape index (κ3) is 2.88. The Morgan fingerprint density at radius 3 is 1.75 bits per heavy atom. The number of anilines is 2. The largest absolute Gasteiger partial charge is 0.362 e. The molecule has 0 fully saturated rings. The number of pyridine rings is 2. The highest BCUT2D eigenvalue weighted by molar-refractivity contribution is 6.10. The zero-order valence-corrected chi connectivity index (χ0v) is 19.9. The first-order chi connectivity index (χ1) is 17.8. The third-order valence-corrected chi connectivity index (χ3v) is 7.95. The zero-order chi connectivity index (χ0) is 23.6. The highest BCUT2D eigenvalue weighted by Gasteiger charge is 2.24. The molecular weight excluding hydrogens is 440 g/mol. The van der Waals surface area contributed by atoms with Gasteiger partial charge in [0.05, 0.1) is 11.0 Å². The summed E-state index contributed by atoms with van der Waals surface area (Å²) in [5.74, 6) is 0. The second-order valence-electron chi connectivity index (χ2n) is 9.92. The highest BCUT2D eigenvalue weighted by Crippen LogP contribution is 2.39. The smallest absolute Gasteiger partial charge is 0.0986 e. The Morgan fingerprint density at radius 1 is 0.472 bits per heavy atom. The Morgan fingerprint density at radius 2 is 1.06 bits per heavy atom. The van der Waals surface area contributed by atoms with Crippen LogP contribution in [-0.2, 0) is 26.2 Å². The topological polar surface area (TPSA) is 32.3 Å². The second kappa shape index (κ2) is 7.53. The molecule has 36 heavy (non-hydrogen) atoms. The van der Waals surface area contributed by atoms with Crippen LogP contribution in [0.25, 0.3) is 32.6 Å². The van der Waals surface area contributed by atoms with E-state index in [0.717, 1.165) is 48.0 Å². The van der Waals surface area contributed by atoms with Gasteiger partial charge in [-0.15, -0.1) is 0 Å². The normalized spacial score (nSPS) is 14.7. The van der Waals surface area contributed by atoms with Crippen LogP contribution in [0.2, 0.25) is 0 Å². The lowest BCUT2D eigenvalue weighted by molar-refractivity contribution is 0.884. The number of hydrogen-bond acceptors (Lipinski definition) is 4. The average Bonchev–Trinajstić information content (AvgIpc) is 3.57. The number of rotatable bonds is 2. The van der Waals surface area contributed by atoms with Gasteiger partial charge < -0.3 is 9.80 Å². The third-order valence-electron chi connectivity index (χ3n) is 7.95. The molecule has 172 valence electrons. The predicted octanol–water partition coefficient (Wildman–Crippen LogP) is 6.98. The molecule has 8 rings (SSSR count). The maximum absolute atomic E-state index is 4.84. The molecule has 0 unspecified atom stereocenters. The van der Waals surface area contributed by atoms with E-state index < -0.39 is 0 Å². The van der Waals surface area contributed by atoms with Gasteiger partial charge in [0.15, 0.2) is 0 Å². The molecule has 0 bridgehead atoms. The van der Waals surface area contributed by atoms with Crippen molar-refractivity contribution in [3.8, 4) is 0 Å². The lowest BCUT2D eigenvalue weighted by Crippen LogP contribution is -2.16. The summed E-state index contributed by atoms with van der Waals surface area (Å²) in [7, 11) is 0. The Balaban J connectivity index is 1.22. The quantitative estimate of drug-likeness (QED) is 0.259. The van der Waals surface area contributed by atoms with Crippen molar-refractivity contribution in [3.05, 3.63) is 120 Å². The minimum absolute atomic E-state index is 0.910. The van der Waals surface area contributed by atoms with Crippen molar-refractivity contribution in [3.63, 3.8) is 0 Å². The maximum atomic E-state index is 4.84. The summed E-state index contributed by atoms with van der Waals surface area (Å²) < 4.78 is 0. The van der Waals surface area contributed by atoms with E-state index in [4.69, 9.17) is 9.97 Å². The van der Waals surface area contributed by atoms with Gasteiger partial charge in [0, 0.05) is 60.7 Å². The van der Waals surface area contributed by atoms with Gasteiger partial charge in [-0.3, -0.25) is 9.97 Å².